The molecule has 0 bridgehead atoms. The van der Waals surface area contributed by atoms with Crippen LogP contribution in [0.5, 0.6) is 5.75 Å². The second-order valence-electron chi connectivity index (χ2n) is 5.98. The number of fused-ring (bicyclic) bond motifs is 1. The molecule has 1 aromatic heterocycles. The van der Waals surface area contributed by atoms with Crippen LogP contribution in [0.4, 0.5) is 4.39 Å². The van der Waals surface area contributed by atoms with E-state index in [-0.39, 0.29) is 23.3 Å². The molecule has 1 aliphatic rings. The minimum Gasteiger partial charge on any atom is -0.508 e. The maximum absolute atomic E-state index is 13.1. The molecule has 3 aromatic rings. The number of aromatic hydroxyl groups is 1. The summed E-state index contributed by atoms with van der Waals surface area (Å²) in [7, 11) is 0. The van der Waals surface area contributed by atoms with E-state index >= 15 is 0 Å². The van der Waals surface area contributed by atoms with Crippen molar-refractivity contribution in [1.29, 1.82) is 0 Å². The van der Waals surface area contributed by atoms with Gasteiger partial charge in [-0.25, -0.2) is 9.07 Å². The average Bonchev–Trinajstić information content (AvgIpc) is 3.00. The van der Waals surface area contributed by atoms with Crippen molar-refractivity contribution < 1.29 is 14.3 Å². The van der Waals surface area contributed by atoms with Crippen molar-refractivity contribution in [2.75, 3.05) is 0 Å². The predicted molar refractivity (Wildman–Crippen MR) is 87.0 cm³/mol. The highest BCUT2D eigenvalue weighted by Gasteiger charge is 2.31. The number of phenolic OH excluding ortho intramolecular Hbond substituents is 1. The number of halogens is 1. The van der Waals surface area contributed by atoms with E-state index in [1.807, 2.05) is 12.1 Å². The number of carbonyl (C=O) groups is 1. The van der Waals surface area contributed by atoms with Gasteiger partial charge in [-0.3, -0.25) is 4.79 Å². The molecule has 5 heteroatoms. The molecule has 1 N–H and O–H groups in total. The van der Waals surface area contributed by atoms with Crippen LogP contribution in [-0.4, -0.2) is 20.7 Å². The zero-order chi connectivity index (χ0) is 16.7. The molecular weight excluding hydrogens is 307 g/mol. The number of Topliss-reactive ketones (excluding diaryl/α,β-unsaturated/α-hetero) is 1. The lowest BCUT2D eigenvalue weighted by molar-refractivity contribution is 0.0963. The third-order valence-electron chi connectivity index (χ3n) is 4.49. The first-order valence-corrected chi connectivity index (χ1v) is 7.77. The minimum atomic E-state index is -0.317. The van der Waals surface area contributed by atoms with Crippen LogP contribution < -0.4 is 0 Å². The molecule has 2 aromatic carbocycles. The summed E-state index contributed by atoms with van der Waals surface area (Å²) in [6.07, 6.45) is 2.51. The summed E-state index contributed by atoms with van der Waals surface area (Å²) in [5.74, 6) is -0.200. The number of phenols is 1. The molecule has 0 unspecified atom stereocenters. The third kappa shape index (κ3) is 2.38. The summed E-state index contributed by atoms with van der Waals surface area (Å²) in [6.45, 7) is 0. The maximum Gasteiger partial charge on any atom is 0.166 e. The largest absolute Gasteiger partial charge is 0.508 e. The average molecular weight is 322 g/mol. The zero-order valence-electron chi connectivity index (χ0n) is 12.8. The molecule has 0 saturated carbocycles. The van der Waals surface area contributed by atoms with Crippen LogP contribution in [0.25, 0.3) is 5.69 Å². The van der Waals surface area contributed by atoms with Gasteiger partial charge in [0.2, 0.25) is 0 Å². The van der Waals surface area contributed by atoms with Gasteiger partial charge in [-0.2, -0.15) is 5.10 Å². The van der Waals surface area contributed by atoms with Gasteiger partial charge in [0, 0.05) is 12.3 Å². The molecule has 4 rings (SSSR count). The monoisotopic (exact) mass is 322 g/mol. The number of nitrogens with zero attached hydrogens (tertiary/aromatic N) is 2. The smallest absolute Gasteiger partial charge is 0.166 e. The molecule has 1 atom stereocenters. The van der Waals surface area contributed by atoms with E-state index in [0.717, 1.165) is 11.3 Å². The molecule has 0 aliphatic heterocycles. The Kier molecular flexibility index (Phi) is 3.41. The van der Waals surface area contributed by atoms with Crippen molar-refractivity contribution in [3.05, 3.63) is 77.4 Å². The van der Waals surface area contributed by atoms with Crippen molar-refractivity contribution in [3.63, 3.8) is 0 Å². The molecule has 0 amide bonds. The van der Waals surface area contributed by atoms with Gasteiger partial charge >= 0.3 is 0 Å². The first-order chi connectivity index (χ1) is 11.6. The summed E-state index contributed by atoms with van der Waals surface area (Å²) in [6, 6.07) is 13.1. The van der Waals surface area contributed by atoms with Gasteiger partial charge < -0.3 is 5.11 Å². The van der Waals surface area contributed by atoms with Crippen molar-refractivity contribution in [3.8, 4) is 11.4 Å². The van der Waals surface area contributed by atoms with Gasteiger partial charge in [-0.05, 0) is 42.3 Å². The van der Waals surface area contributed by atoms with Crippen LogP contribution >= 0.6 is 0 Å². The molecule has 120 valence electrons. The van der Waals surface area contributed by atoms with Crippen molar-refractivity contribution in [2.45, 2.75) is 18.8 Å². The highest BCUT2D eigenvalue weighted by molar-refractivity contribution is 5.98. The molecule has 0 fully saturated rings. The number of ketones is 1. The molecule has 24 heavy (non-hydrogen) atoms. The van der Waals surface area contributed by atoms with Crippen LogP contribution in [0, 0.1) is 5.82 Å². The Morgan fingerprint density at radius 2 is 1.83 bits per heavy atom. The molecule has 4 nitrogen and oxygen atoms in total. The predicted octanol–water partition coefficient (Wildman–Crippen LogP) is 3.63. The number of benzene rings is 2. The summed E-state index contributed by atoms with van der Waals surface area (Å²) < 4.78 is 14.8. The van der Waals surface area contributed by atoms with Crippen molar-refractivity contribution in [2.24, 2.45) is 0 Å². The molecular formula is C19H15FN2O2. The highest BCUT2D eigenvalue weighted by atomic mass is 19.1. The first kappa shape index (κ1) is 14.6. The quantitative estimate of drug-likeness (QED) is 0.784. The van der Waals surface area contributed by atoms with Crippen LogP contribution in [0.3, 0.4) is 0 Å². The number of para-hydroxylation sites is 1. The summed E-state index contributed by atoms with van der Waals surface area (Å²) >= 11 is 0. The number of aromatic nitrogens is 2. The fourth-order valence-corrected chi connectivity index (χ4v) is 3.30. The SMILES string of the molecule is O=C1C[C@H](c2ccccc2O)Cc2c1cnn2-c1ccc(F)cc1. The Morgan fingerprint density at radius 1 is 1.08 bits per heavy atom. The van der Waals surface area contributed by atoms with Gasteiger partial charge in [0.1, 0.15) is 11.6 Å². The molecule has 1 heterocycles. The second-order valence-corrected chi connectivity index (χ2v) is 5.98. The van der Waals surface area contributed by atoms with Crippen molar-refractivity contribution >= 4 is 5.78 Å². The Morgan fingerprint density at radius 3 is 2.58 bits per heavy atom. The summed E-state index contributed by atoms with van der Waals surface area (Å²) in [4.78, 5) is 12.5. The fraction of sp³-hybridized carbons (Fsp3) is 0.158. The van der Waals surface area contributed by atoms with E-state index in [2.05, 4.69) is 5.10 Å². The van der Waals surface area contributed by atoms with E-state index in [1.165, 1.54) is 12.1 Å². The summed E-state index contributed by atoms with van der Waals surface area (Å²) in [5, 5.41) is 14.4. The zero-order valence-corrected chi connectivity index (χ0v) is 12.8. The van der Waals surface area contributed by atoms with Crippen LogP contribution in [0.1, 0.15) is 34.0 Å². The topological polar surface area (TPSA) is 55.1 Å². The minimum absolute atomic E-state index is 0.0119. The molecule has 0 saturated heterocycles. The number of hydrogen-bond donors (Lipinski definition) is 1. The van der Waals surface area contributed by atoms with Gasteiger partial charge in [-0.15, -0.1) is 0 Å². The lowest BCUT2D eigenvalue weighted by Gasteiger charge is -2.23. The Bertz CT molecular complexity index is 915. The molecule has 0 radical (unpaired) electrons. The normalized spacial score (nSPS) is 16.9. The lowest BCUT2D eigenvalue weighted by atomic mass is 9.82. The Labute approximate surface area is 138 Å². The van der Waals surface area contributed by atoms with E-state index in [0.29, 0.717) is 24.1 Å². The first-order valence-electron chi connectivity index (χ1n) is 7.77. The van der Waals surface area contributed by atoms with E-state index < -0.39 is 0 Å². The van der Waals surface area contributed by atoms with E-state index in [9.17, 15) is 14.3 Å². The maximum atomic E-state index is 13.1. The second kappa shape index (κ2) is 5.60. The number of hydrogen-bond acceptors (Lipinski definition) is 3. The van der Waals surface area contributed by atoms with Gasteiger partial charge in [0.05, 0.1) is 23.1 Å². The summed E-state index contributed by atoms with van der Waals surface area (Å²) in [5.41, 5.74) is 2.88. The molecule has 0 spiro atoms. The van der Waals surface area contributed by atoms with Gasteiger partial charge in [-0.1, -0.05) is 18.2 Å². The van der Waals surface area contributed by atoms with Crippen LogP contribution in [0.15, 0.2) is 54.7 Å². The number of rotatable bonds is 2. The Hall–Kier alpha value is -2.95. The standard InChI is InChI=1S/C19H15FN2O2/c20-13-5-7-14(8-6-13)22-17-9-12(10-19(24)16(17)11-21-22)15-3-1-2-4-18(15)23/h1-8,11-12,23H,9-10H2/t12-/m1/s1. The third-order valence-corrected chi connectivity index (χ3v) is 4.49. The van der Waals surface area contributed by atoms with Crippen molar-refractivity contribution in [1.82, 2.24) is 9.78 Å². The Balaban J connectivity index is 1.76. The number of carbonyl (C=O) groups excluding carboxylic acids is 1. The van der Waals surface area contributed by atoms with Gasteiger partial charge in [0.15, 0.2) is 5.78 Å². The van der Waals surface area contributed by atoms with Crippen LogP contribution in [0.2, 0.25) is 0 Å². The van der Waals surface area contributed by atoms with E-state index in [4.69, 9.17) is 0 Å². The molecule has 1 aliphatic carbocycles. The lowest BCUT2D eigenvalue weighted by Crippen LogP contribution is -2.20. The van der Waals surface area contributed by atoms with E-state index in [1.54, 1.807) is 35.1 Å². The fourth-order valence-electron chi connectivity index (χ4n) is 3.30. The van der Waals surface area contributed by atoms with Crippen LogP contribution in [-0.2, 0) is 6.42 Å². The highest BCUT2D eigenvalue weighted by Crippen LogP contribution is 2.37. The van der Waals surface area contributed by atoms with Gasteiger partial charge in [0.25, 0.3) is 0 Å².